The Bertz CT molecular complexity index is 1990. The van der Waals surface area contributed by atoms with Crippen LogP contribution in [0.3, 0.4) is 0 Å². The number of anilines is 1. The minimum absolute atomic E-state index is 0.0195. The number of halogens is 1. The summed E-state index contributed by atoms with van der Waals surface area (Å²) < 4.78 is 12.9. The van der Waals surface area contributed by atoms with Crippen molar-refractivity contribution in [2.24, 2.45) is 5.73 Å². The number of rotatable bonds is 6. The third-order valence-electron chi connectivity index (χ3n) is 6.65. The van der Waals surface area contributed by atoms with Crippen molar-refractivity contribution in [3.63, 3.8) is 0 Å². The molecular weight excluding hydrogens is 624 g/mol. The number of benzene rings is 3. The average Bonchev–Trinajstić information content (AvgIpc) is 3.30. The molecule has 10 nitrogen and oxygen atoms in total. The van der Waals surface area contributed by atoms with Crippen molar-refractivity contribution in [1.82, 2.24) is 4.57 Å². The molecule has 12 heteroatoms. The maximum absolute atomic E-state index is 14.0. The molecule has 1 aromatic heterocycles. The van der Waals surface area contributed by atoms with Crippen LogP contribution in [0.2, 0.25) is 0 Å². The minimum atomic E-state index is -0.986. The van der Waals surface area contributed by atoms with E-state index in [-0.39, 0.29) is 49.2 Å². The van der Waals surface area contributed by atoms with Crippen molar-refractivity contribution in [2.45, 2.75) is 5.92 Å². The summed E-state index contributed by atoms with van der Waals surface area (Å²) in [6, 6.07) is 18.1. The number of phenols is 2. The molecule has 3 aromatic carbocycles. The van der Waals surface area contributed by atoms with Crippen LogP contribution in [-0.4, -0.2) is 34.9 Å². The van der Waals surface area contributed by atoms with Crippen LogP contribution in [0.25, 0.3) is 17.5 Å². The van der Waals surface area contributed by atoms with Gasteiger partial charge in [0.25, 0.3) is 11.5 Å². The Balaban J connectivity index is 1.81. The fraction of sp³-hybridized carbons (Fsp3) is 0.100. The lowest BCUT2D eigenvalue weighted by molar-refractivity contribution is -0.111. The van der Waals surface area contributed by atoms with Gasteiger partial charge in [0.1, 0.15) is 10.5 Å². The van der Waals surface area contributed by atoms with Crippen molar-refractivity contribution in [3.8, 4) is 29.1 Å². The number of hydrogen-bond donors (Lipinski definition) is 4. The number of aromatic nitrogens is 1. The Hall–Kier alpha value is -4.99. The summed E-state index contributed by atoms with van der Waals surface area (Å²) in [5, 5.41) is 33.3. The molecule has 0 aliphatic carbocycles. The number of hydrogen-bond acceptors (Lipinski definition) is 9. The molecule has 0 radical (unpaired) electrons. The summed E-state index contributed by atoms with van der Waals surface area (Å²) in [7, 11) is 2.80. The lowest BCUT2D eigenvalue weighted by atomic mass is 9.83. The van der Waals surface area contributed by atoms with E-state index in [4.69, 9.17) is 15.2 Å². The number of amides is 1. The average molecular weight is 648 g/mol. The summed E-state index contributed by atoms with van der Waals surface area (Å²) in [5.74, 6) is -1.48. The number of allylic oxidation sites excluding steroid dienone is 1. The van der Waals surface area contributed by atoms with Crippen LogP contribution in [0.15, 0.2) is 75.5 Å². The number of carbonyl (C=O) groups is 1. The molecule has 1 amide bonds. The third-order valence-corrected chi connectivity index (χ3v) is 8.29. The van der Waals surface area contributed by atoms with E-state index >= 15 is 0 Å². The molecule has 212 valence electrons. The van der Waals surface area contributed by atoms with Crippen LogP contribution in [0.5, 0.6) is 23.0 Å². The van der Waals surface area contributed by atoms with Gasteiger partial charge in [-0.3, -0.25) is 14.2 Å². The number of ether oxygens (including phenoxy) is 2. The lowest BCUT2D eigenvalue weighted by Gasteiger charge is -2.25. The normalized spacial score (nSPS) is 14.8. The molecule has 1 aliphatic heterocycles. The zero-order valence-electron chi connectivity index (χ0n) is 22.2. The summed E-state index contributed by atoms with van der Waals surface area (Å²) >= 11 is 4.41. The maximum atomic E-state index is 14.0. The highest BCUT2D eigenvalue weighted by Gasteiger charge is 2.36. The van der Waals surface area contributed by atoms with E-state index in [0.717, 1.165) is 20.4 Å². The fourth-order valence-corrected chi connectivity index (χ4v) is 6.08. The Morgan fingerprint density at radius 1 is 1.07 bits per heavy atom. The predicted octanol–water partition coefficient (Wildman–Crippen LogP) is 3.17. The van der Waals surface area contributed by atoms with E-state index in [1.807, 2.05) is 0 Å². The number of nitrogens with two attached hydrogens (primary N) is 1. The molecule has 5 rings (SSSR count). The van der Waals surface area contributed by atoms with Crippen LogP contribution in [0.4, 0.5) is 5.69 Å². The van der Waals surface area contributed by atoms with Gasteiger partial charge in [0, 0.05) is 10.2 Å². The molecule has 42 heavy (non-hydrogen) atoms. The minimum Gasteiger partial charge on any atom is -0.504 e. The first kappa shape index (κ1) is 28.5. The monoisotopic (exact) mass is 646 g/mol. The van der Waals surface area contributed by atoms with Gasteiger partial charge in [0.05, 0.1) is 41.9 Å². The first-order valence-electron chi connectivity index (χ1n) is 12.4. The second-order valence-electron chi connectivity index (χ2n) is 9.14. The molecule has 1 aliphatic rings. The van der Waals surface area contributed by atoms with E-state index in [0.29, 0.717) is 16.8 Å². The number of methoxy groups -OCH3 is 2. The van der Waals surface area contributed by atoms with E-state index < -0.39 is 17.4 Å². The highest BCUT2D eigenvalue weighted by Crippen LogP contribution is 2.40. The molecular formula is C30H23BrN4O6S. The molecule has 0 fully saturated rings. The smallest absolute Gasteiger partial charge is 0.274 e. The fourth-order valence-electron chi connectivity index (χ4n) is 4.64. The molecule has 0 saturated heterocycles. The van der Waals surface area contributed by atoms with E-state index in [9.17, 15) is 25.1 Å². The van der Waals surface area contributed by atoms with Crippen molar-refractivity contribution < 1.29 is 24.5 Å². The highest BCUT2D eigenvalue weighted by molar-refractivity contribution is 9.10. The first-order valence-corrected chi connectivity index (χ1v) is 14.0. The molecule has 1 atom stereocenters. The quantitative estimate of drug-likeness (QED) is 0.248. The van der Waals surface area contributed by atoms with E-state index in [1.54, 1.807) is 48.5 Å². The second-order valence-corrected chi connectivity index (χ2v) is 11.1. The lowest BCUT2D eigenvalue weighted by Crippen LogP contribution is -2.40. The number of aromatic hydroxyl groups is 2. The van der Waals surface area contributed by atoms with E-state index in [1.165, 1.54) is 32.4 Å². The van der Waals surface area contributed by atoms with Crippen molar-refractivity contribution >= 4 is 56.3 Å². The molecule has 5 N–H and O–H groups in total. The number of nitrogens with zero attached hydrogens (tertiary/aromatic N) is 2. The van der Waals surface area contributed by atoms with Gasteiger partial charge >= 0.3 is 0 Å². The van der Waals surface area contributed by atoms with Gasteiger partial charge in [-0.15, -0.1) is 11.3 Å². The SMILES string of the molecule is COc1cc(/C=c2\sc3n(c2=O)C(N)=C(C#N)C(c2ccc(O)c(OC)c2)C=3C(=O)Nc2ccc(Br)cc2)ccc1O. The second kappa shape index (κ2) is 11.5. The Labute approximate surface area is 251 Å². The van der Waals surface area contributed by atoms with E-state index in [2.05, 4.69) is 27.3 Å². The standard InChI is InChI=1S/C30H23BrN4O6S/c1-40-22-11-15(3-9-20(22)36)12-24-29(39)35-27(33)19(14-32)25(16-4-10-21(37)23(13-16)41-2)26(30(35)42-24)28(38)34-18-7-5-17(31)6-8-18/h3-13,25,36-37H,33H2,1-2H3,(H,34,38)/b24-12-. The summed E-state index contributed by atoms with van der Waals surface area (Å²) in [6.07, 6.45) is 1.59. The molecule has 2 heterocycles. The molecule has 0 spiro atoms. The maximum Gasteiger partial charge on any atom is 0.274 e. The largest absolute Gasteiger partial charge is 0.504 e. The summed E-state index contributed by atoms with van der Waals surface area (Å²) in [6.45, 7) is 0. The molecule has 1 unspecified atom stereocenters. The van der Waals surface area contributed by atoms with Gasteiger partial charge in [-0.2, -0.15) is 5.26 Å². The van der Waals surface area contributed by atoms with Crippen molar-refractivity contribution in [2.75, 3.05) is 19.5 Å². The Kier molecular flexibility index (Phi) is 7.80. The first-order chi connectivity index (χ1) is 20.2. The predicted molar refractivity (Wildman–Crippen MR) is 163 cm³/mol. The zero-order valence-corrected chi connectivity index (χ0v) is 24.6. The molecule has 0 bridgehead atoms. The van der Waals surface area contributed by atoms with Crippen molar-refractivity contribution in [3.05, 3.63) is 101 Å². The highest BCUT2D eigenvalue weighted by atomic mass is 79.9. The number of thiazole rings is 1. The Morgan fingerprint density at radius 3 is 2.36 bits per heavy atom. The number of nitrogens with one attached hydrogen (secondary N) is 1. The summed E-state index contributed by atoms with van der Waals surface area (Å²) in [4.78, 5) is 27.7. The van der Waals surface area contributed by atoms with Gasteiger partial charge in [0.15, 0.2) is 23.0 Å². The van der Waals surface area contributed by atoms with Gasteiger partial charge < -0.3 is 30.7 Å². The summed E-state index contributed by atoms with van der Waals surface area (Å²) in [5.41, 5.74) is 7.53. The van der Waals surface area contributed by atoms with Crippen LogP contribution < -0.4 is 35.3 Å². The number of nitriles is 1. The van der Waals surface area contributed by atoms with Crippen molar-refractivity contribution in [1.29, 1.82) is 5.26 Å². The number of phenolic OH excluding ortho intramolecular Hbond substituents is 2. The number of fused-ring (bicyclic) bond motifs is 1. The van der Waals surface area contributed by atoms with Crippen LogP contribution in [0.1, 0.15) is 17.0 Å². The zero-order chi connectivity index (χ0) is 30.1. The number of carbonyl (C=O) groups excluding carboxylic acids is 1. The topological polar surface area (TPSA) is 160 Å². The van der Waals surface area contributed by atoms with Gasteiger partial charge in [-0.05, 0) is 65.7 Å². The molecule has 0 saturated carbocycles. The third kappa shape index (κ3) is 5.11. The van der Waals surface area contributed by atoms with Crippen LogP contribution >= 0.6 is 27.3 Å². The van der Waals surface area contributed by atoms with Gasteiger partial charge in [-0.1, -0.05) is 28.1 Å². The van der Waals surface area contributed by atoms with Crippen LogP contribution in [-0.2, 0) is 4.79 Å². The Morgan fingerprint density at radius 2 is 1.71 bits per heavy atom. The molecule has 4 aromatic rings. The van der Waals surface area contributed by atoms with Gasteiger partial charge in [0.2, 0.25) is 0 Å². The van der Waals surface area contributed by atoms with Crippen LogP contribution in [0, 0.1) is 11.3 Å². The van der Waals surface area contributed by atoms with Gasteiger partial charge in [-0.25, -0.2) is 0 Å².